The quantitative estimate of drug-likeness (QED) is 0.557. The lowest BCUT2D eigenvalue weighted by Gasteiger charge is -2.38. The third-order valence-electron chi connectivity index (χ3n) is 2.29. The second-order valence-corrected chi connectivity index (χ2v) is 3.88. The molecular weight excluding hydrogens is 261 g/mol. The molecule has 0 amide bonds. The number of hydrogen-bond acceptors (Lipinski definition) is 5. The average molecular weight is 269 g/mol. The summed E-state index contributed by atoms with van der Waals surface area (Å²) in [4.78, 5) is 3.57. The van der Waals surface area contributed by atoms with Crippen molar-refractivity contribution < 1.29 is 18.4 Å². The first-order valence-corrected chi connectivity index (χ1v) is 4.92. The molecule has 0 spiro atoms. The molecule has 1 atom stereocenters. The van der Waals surface area contributed by atoms with Gasteiger partial charge < -0.3 is 5.32 Å². The van der Waals surface area contributed by atoms with Gasteiger partial charge in [0.15, 0.2) is 0 Å². The van der Waals surface area contributed by atoms with Crippen LogP contribution in [0.25, 0.3) is 0 Å². The van der Waals surface area contributed by atoms with Crippen molar-refractivity contribution in [3.05, 3.63) is 24.0 Å². The molecule has 0 aromatic heterocycles. The standard InChI is InChI=1S/C8H8ClF3N4O/c9-7(15-2-1-3-16(15)17)6(8(10,11)12)4-13-5-14-7/h1,3-5,17H,2H2,(H,13,14). The van der Waals surface area contributed by atoms with Gasteiger partial charge in [-0.05, 0) is 6.08 Å². The van der Waals surface area contributed by atoms with Crippen LogP contribution in [0.1, 0.15) is 0 Å². The second-order valence-electron chi connectivity index (χ2n) is 3.36. The molecule has 2 aliphatic heterocycles. The number of nitrogens with one attached hydrogen (secondary N) is 1. The molecule has 0 aliphatic carbocycles. The summed E-state index contributed by atoms with van der Waals surface area (Å²) < 4.78 is 38.4. The van der Waals surface area contributed by atoms with Crippen molar-refractivity contribution in [3.63, 3.8) is 0 Å². The van der Waals surface area contributed by atoms with Gasteiger partial charge in [-0.1, -0.05) is 11.6 Å². The van der Waals surface area contributed by atoms with Crippen LogP contribution in [-0.2, 0) is 0 Å². The van der Waals surface area contributed by atoms with Crippen LogP contribution in [0.15, 0.2) is 29.0 Å². The zero-order valence-electron chi connectivity index (χ0n) is 8.32. The molecule has 2 rings (SSSR count). The monoisotopic (exact) mass is 268 g/mol. The fraction of sp³-hybridized carbons (Fsp3) is 0.375. The Balaban J connectivity index is 2.37. The highest BCUT2D eigenvalue weighted by Gasteiger charge is 2.54. The van der Waals surface area contributed by atoms with Crippen molar-refractivity contribution in [2.75, 3.05) is 6.54 Å². The van der Waals surface area contributed by atoms with E-state index >= 15 is 0 Å². The normalized spacial score (nSPS) is 29.5. The van der Waals surface area contributed by atoms with Crippen LogP contribution in [0.4, 0.5) is 13.2 Å². The summed E-state index contributed by atoms with van der Waals surface area (Å²) in [6.07, 6.45) is -0.262. The number of aliphatic imine (C=N–C) groups is 1. The predicted molar refractivity (Wildman–Crippen MR) is 53.8 cm³/mol. The Morgan fingerprint density at radius 1 is 1.53 bits per heavy atom. The lowest BCUT2D eigenvalue weighted by molar-refractivity contribution is -0.219. The molecule has 17 heavy (non-hydrogen) atoms. The van der Waals surface area contributed by atoms with Gasteiger partial charge in [0.2, 0.25) is 5.12 Å². The SMILES string of the molecule is ON1C=CCN1C1(Cl)N=CNC=C1C(F)(F)F. The maximum Gasteiger partial charge on any atom is 0.419 e. The van der Waals surface area contributed by atoms with Gasteiger partial charge in [-0.25, -0.2) is 4.99 Å². The van der Waals surface area contributed by atoms with Crippen LogP contribution in [0.2, 0.25) is 0 Å². The molecular formula is C8H8ClF3N4O. The largest absolute Gasteiger partial charge is 0.419 e. The van der Waals surface area contributed by atoms with Gasteiger partial charge in [0.25, 0.3) is 0 Å². The summed E-state index contributed by atoms with van der Waals surface area (Å²) in [5, 5.41) is 10.8. The molecule has 0 saturated heterocycles. The fourth-order valence-corrected chi connectivity index (χ4v) is 1.89. The third kappa shape index (κ3) is 1.99. The molecule has 2 heterocycles. The van der Waals surface area contributed by atoms with Crippen molar-refractivity contribution in [1.82, 2.24) is 15.5 Å². The number of hydroxylamine groups is 1. The molecule has 2 N–H and O–H groups in total. The van der Waals surface area contributed by atoms with Crippen LogP contribution in [0.3, 0.4) is 0 Å². The first kappa shape index (κ1) is 12.2. The zero-order valence-corrected chi connectivity index (χ0v) is 9.07. The average Bonchev–Trinajstić information content (AvgIpc) is 2.64. The highest BCUT2D eigenvalue weighted by Crippen LogP contribution is 2.43. The lowest BCUT2D eigenvalue weighted by atomic mass is 10.2. The Morgan fingerprint density at radius 2 is 2.24 bits per heavy atom. The first-order valence-electron chi connectivity index (χ1n) is 4.54. The van der Waals surface area contributed by atoms with E-state index < -0.39 is 16.9 Å². The fourth-order valence-electron chi connectivity index (χ4n) is 1.53. The van der Waals surface area contributed by atoms with E-state index in [1.54, 1.807) is 0 Å². The van der Waals surface area contributed by atoms with Gasteiger partial charge in [0.05, 0.1) is 6.34 Å². The van der Waals surface area contributed by atoms with Crippen molar-refractivity contribution >= 4 is 17.9 Å². The smallest absolute Gasteiger partial charge is 0.352 e. The van der Waals surface area contributed by atoms with Crippen LogP contribution in [0, 0.1) is 0 Å². The Hall–Kier alpha value is -1.25. The zero-order chi connectivity index (χ0) is 12.7. The maximum absolute atomic E-state index is 12.8. The number of alkyl halides is 4. The summed E-state index contributed by atoms with van der Waals surface area (Å²) in [5.74, 6) is 0. The topological polar surface area (TPSA) is 51.1 Å². The number of hydrazine groups is 1. The molecule has 94 valence electrons. The molecule has 0 aromatic carbocycles. The van der Waals surface area contributed by atoms with Crippen LogP contribution in [0.5, 0.6) is 0 Å². The van der Waals surface area contributed by atoms with Gasteiger partial charge in [-0.2, -0.15) is 18.3 Å². The molecule has 0 saturated carbocycles. The molecule has 1 unspecified atom stereocenters. The minimum Gasteiger partial charge on any atom is -0.352 e. The highest BCUT2D eigenvalue weighted by atomic mass is 35.5. The minimum absolute atomic E-state index is 0.0186. The van der Waals surface area contributed by atoms with E-state index in [1.807, 2.05) is 0 Å². The van der Waals surface area contributed by atoms with Crippen LogP contribution >= 0.6 is 11.6 Å². The van der Waals surface area contributed by atoms with Gasteiger partial charge in [0.1, 0.15) is 5.57 Å². The molecule has 0 radical (unpaired) electrons. The molecule has 0 bridgehead atoms. The number of rotatable bonds is 1. The summed E-state index contributed by atoms with van der Waals surface area (Å²) in [7, 11) is 0. The summed E-state index contributed by atoms with van der Waals surface area (Å²) in [5.41, 5.74) is -1.10. The van der Waals surface area contributed by atoms with E-state index in [2.05, 4.69) is 10.3 Å². The van der Waals surface area contributed by atoms with E-state index in [0.717, 1.165) is 11.3 Å². The van der Waals surface area contributed by atoms with Crippen LogP contribution in [-0.4, -0.2) is 39.6 Å². The third-order valence-corrected chi connectivity index (χ3v) is 2.79. The van der Waals surface area contributed by atoms with Gasteiger partial charge in [-0.3, -0.25) is 5.21 Å². The highest BCUT2D eigenvalue weighted by molar-refractivity contribution is 6.26. The van der Waals surface area contributed by atoms with Crippen molar-refractivity contribution in [2.45, 2.75) is 11.3 Å². The summed E-state index contributed by atoms with van der Waals surface area (Å²) in [6, 6.07) is 0. The van der Waals surface area contributed by atoms with E-state index in [-0.39, 0.29) is 6.54 Å². The molecule has 0 fully saturated rings. The van der Waals surface area contributed by atoms with Gasteiger partial charge in [-0.15, -0.1) is 5.01 Å². The maximum atomic E-state index is 12.8. The number of nitrogens with zero attached hydrogens (tertiary/aromatic N) is 3. The van der Waals surface area contributed by atoms with E-state index in [4.69, 9.17) is 11.6 Å². The van der Waals surface area contributed by atoms with E-state index in [0.29, 0.717) is 11.4 Å². The molecule has 9 heteroatoms. The van der Waals surface area contributed by atoms with Crippen molar-refractivity contribution in [1.29, 1.82) is 0 Å². The summed E-state index contributed by atoms with van der Waals surface area (Å²) >= 11 is 5.88. The van der Waals surface area contributed by atoms with Crippen molar-refractivity contribution in [2.24, 2.45) is 4.99 Å². The minimum atomic E-state index is -4.66. The Bertz CT molecular complexity index is 408. The molecule has 0 aromatic rings. The molecule has 2 aliphatic rings. The predicted octanol–water partition coefficient (Wildman–Crippen LogP) is 1.39. The van der Waals surface area contributed by atoms with Gasteiger partial charge in [0, 0.05) is 18.9 Å². The Kier molecular flexibility index (Phi) is 2.80. The van der Waals surface area contributed by atoms with E-state index in [1.165, 1.54) is 12.3 Å². The lowest BCUT2D eigenvalue weighted by Crippen LogP contribution is -2.53. The van der Waals surface area contributed by atoms with Crippen LogP contribution < -0.4 is 5.32 Å². The Morgan fingerprint density at radius 3 is 2.76 bits per heavy atom. The van der Waals surface area contributed by atoms with Crippen molar-refractivity contribution in [3.8, 4) is 0 Å². The number of halogens is 4. The van der Waals surface area contributed by atoms with Gasteiger partial charge >= 0.3 is 6.18 Å². The molecule has 5 nitrogen and oxygen atoms in total. The van der Waals surface area contributed by atoms with E-state index in [9.17, 15) is 18.4 Å². The Labute approximate surface area is 99.4 Å². The number of hydrogen-bond donors (Lipinski definition) is 2. The second kappa shape index (κ2) is 3.90. The summed E-state index contributed by atoms with van der Waals surface area (Å²) in [6.45, 7) is 0.0186. The first-order chi connectivity index (χ1) is 7.86.